The topological polar surface area (TPSA) is 98.3 Å². The molecule has 0 aliphatic carbocycles. The Morgan fingerprint density at radius 2 is 2.10 bits per heavy atom. The molecule has 29 heavy (non-hydrogen) atoms. The van der Waals surface area contributed by atoms with Gasteiger partial charge >= 0.3 is 5.97 Å². The van der Waals surface area contributed by atoms with Crippen LogP contribution in [0.3, 0.4) is 0 Å². The Labute approximate surface area is 172 Å². The minimum atomic E-state index is -1.03. The maximum atomic E-state index is 11.8. The number of rotatable bonds is 9. The molecule has 0 atom stereocenters. The molecule has 0 amide bonds. The highest BCUT2D eigenvalue weighted by Gasteiger charge is 2.18. The van der Waals surface area contributed by atoms with Gasteiger partial charge in [0.05, 0.1) is 28.9 Å². The molecule has 0 bridgehead atoms. The zero-order valence-electron chi connectivity index (χ0n) is 15.9. The van der Waals surface area contributed by atoms with Crippen LogP contribution < -0.4 is 0 Å². The highest BCUT2D eigenvalue weighted by Crippen LogP contribution is 2.26. The number of aryl methyl sites for hydroxylation is 1. The molecule has 0 saturated heterocycles. The Hall–Kier alpha value is -3.26. The van der Waals surface area contributed by atoms with E-state index in [-0.39, 0.29) is 17.8 Å². The summed E-state index contributed by atoms with van der Waals surface area (Å²) in [7, 11) is 0. The van der Waals surface area contributed by atoms with Gasteiger partial charge in [-0.15, -0.1) is 11.3 Å². The van der Waals surface area contributed by atoms with Crippen molar-refractivity contribution in [1.82, 2.24) is 9.55 Å². The molecule has 2 heterocycles. The average molecular weight is 411 g/mol. The van der Waals surface area contributed by atoms with E-state index in [9.17, 15) is 20.0 Å². The van der Waals surface area contributed by atoms with Crippen LogP contribution in [0.15, 0.2) is 48.0 Å². The van der Waals surface area contributed by atoms with Gasteiger partial charge < -0.3 is 9.67 Å². The standard InChI is InChI=1S/C21H21N3O4S/c1-2-3-10-20-22-13-16(12-17(21(25)26)19-9-6-11-29-19)23(20)14-15-7-4-5-8-18(15)24(27)28/h4-9,11-13H,2-3,10,14H2,1H3,(H,25,26)/b17-12+. The van der Waals surface area contributed by atoms with E-state index < -0.39 is 10.9 Å². The molecule has 1 N–H and O–H groups in total. The lowest BCUT2D eigenvalue weighted by Gasteiger charge is -2.11. The van der Waals surface area contributed by atoms with Crippen LogP contribution in [0.1, 0.15) is 41.7 Å². The third kappa shape index (κ3) is 4.78. The van der Waals surface area contributed by atoms with Gasteiger partial charge in [-0.1, -0.05) is 37.6 Å². The van der Waals surface area contributed by atoms with Crippen molar-refractivity contribution >= 4 is 34.6 Å². The van der Waals surface area contributed by atoms with Crippen molar-refractivity contribution in [3.05, 3.63) is 80.0 Å². The molecule has 0 saturated carbocycles. The first-order valence-electron chi connectivity index (χ1n) is 9.26. The van der Waals surface area contributed by atoms with Crippen LogP contribution in [0.25, 0.3) is 11.6 Å². The van der Waals surface area contributed by atoms with Crippen LogP contribution in [-0.2, 0) is 17.8 Å². The van der Waals surface area contributed by atoms with Crippen molar-refractivity contribution in [2.75, 3.05) is 0 Å². The number of aromatic nitrogens is 2. The molecule has 3 rings (SSSR count). The summed E-state index contributed by atoms with van der Waals surface area (Å²) in [6, 6.07) is 10.1. The van der Waals surface area contributed by atoms with Gasteiger partial charge in [0.1, 0.15) is 5.82 Å². The summed E-state index contributed by atoms with van der Waals surface area (Å²) in [5.41, 5.74) is 1.37. The second-order valence-corrected chi connectivity index (χ2v) is 7.46. The molecule has 7 nitrogen and oxygen atoms in total. The first kappa shape index (κ1) is 20.5. The summed E-state index contributed by atoms with van der Waals surface area (Å²) in [6.45, 7) is 2.33. The summed E-state index contributed by atoms with van der Waals surface area (Å²) in [5.74, 6) is -0.242. The van der Waals surface area contributed by atoms with Crippen LogP contribution >= 0.6 is 11.3 Å². The van der Waals surface area contributed by atoms with E-state index in [0.29, 0.717) is 22.6 Å². The number of hydrogen-bond acceptors (Lipinski definition) is 5. The first-order chi connectivity index (χ1) is 14.0. The summed E-state index contributed by atoms with van der Waals surface area (Å²) in [5, 5.41) is 22.9. The summed E-state index contributed by atoms with van der Waals surface area (Å²) >= 11 is 1.35. The predicted octanol–water partition coefficient (Wildman–Crippen LogP) is 4.87. The zero-order chi connectivity index (χ0) is 20.8. The smallest absolute Gasteiger partial charge is 0.337 e. The van der Waals surface area contributed by atoms with Gasteiger partial charge in [0, 0.05) is 22.9 Å². The normalized spacial score (nSPS) is 11.6. The molecular weight excluding hydrogens is 390 g/mol. The second-order valence-electron chi connectivity index (χ2n) is 6.52. The molecule has 0 fully saturated rings. The molecule has 150 valence electrons. The molecule has 8 heteroatoms. The van der Waals surface area contributed by atoms with E-state index >= 15 is 0 Å². The number of carbonyl (C=O) groups is 1. The summed E-state index contributed by atoms with van der Waals surface area (Å²) in [4.78, 5) is 27.9. The largest absolute Gasteiger partial charge is 0.478 e. The van der Waals surface area contributed by atoms with Crippen molar-refractivity contribution in [2.45, 2.75) is 32.7 Å². The van der Waals surface area contributed by atoms with Gasteiger partial charge in [-0.05, 0) is 23.9 Å². The highest BCUT2D eigenvalue weighted by atomic mass is 32.1. The van der Waals surface area contributed by atoms with E-state index in [1.807, 2.05) is 9.95 Å². The van der Waals surface area contributed by atoms with Crippen LogP contribution in [-0.4, -0.2) is 25.6 Å². The van der Waals surface area contributed by atoms with E-state index in [4.69, 9.17) is 0 Å². The quantitative estimate of drug-likeness (QED) is 0.308. The van der Waals surface area contributed by atoms with Gasteiger partial charge in [0.25, 0.3) is 5.69 Å². The molecule has 0 spiro atoms. The van der Waals surface area contributed by atoms with Crippen molar-refractivity contribution in [3.8, 4) is 0 Å². The number of carboxylic acid groups (broad SMARTS) is 1. The molecule has 3 aromatic rings. The zero-order valence-corrected chi connectivity index (χ0v) is 16.8. The predicted molar refractivity (Wildman–Crippen MR) is 113 cm³/mol. The lowest BCUT2D eigenvalue weighted by atomic mass is 10.1. The van der Waals surface area contributed by atoms with Crippen molar-refractivity contribution in [3.63, 3.8) is 0 Å². The number of imidazole rings is 1. The number of nitro groups is 1. The first-order valence-corrected chi connectivity index (χ1v) is 10.1. The number of para-hydroxylation sites is 1. The molecule has 0 radical (unpaired) electrons. The minimum absolute atomic E-state index is 0.0364. The van der Waals surface area contributed by atoms with Crippen LogP contribution in [0.4, 0.5) is 5.69 Å². The number of unbranched alkanes of at least 4 members (excludes halogenated alkanes) is 1. The van der Waals surface area contributed by atoms with Crippen molar-refractivity contribution in [1.29, 1.82) is 0 Å². The lowest BCUT2D eigenvalue weighted by molar-refractivity contribution is -0.385. The van der Waals surface area contributed by atoms with Gasteiger partial charge in [-0.25, -0.2) is 9.78 Å². The Balaban J connectivity index is 2.07. The molecule has 0 aliphatic heterocycles. The van der Waals surface area contributed by atoms with Gasteiger partial charge in [0.2, 0.25) is 0 Å². The Bertz CT molecular complexity index is 1040. The number of nitro benzene ring substituents is 1. The Kier molecular flexibility index (Phi) is 6.56. The lowest BCUT2D eigenvalue weighted by Crippen LogP contribution is -2.09. The summed E-state index contributed by atoms with van der Waals surface area (Å²) in [6.07, 6.45) is 5.85. The van der Waals surface area contributed by atoms with Gasteiger partial charge in [-0.3, -0.25) is 10.1 Å². The number of carboxylic acids is 1. The fourth-order valence-corrected chi connectivity index (χ4v) is 3.81. The van der Waals surface area contributed by atoms with Gasteiger partial charge in [-0.2, -0.15) is 0 Å². The van der Waals surface area contributed by atoms with Crippen LogP contribution in [0.2, 0.25) is 0 Å². The van der Waals surface area contributed by atoms with E-state index in [2.05, 4.69) is 11.9 Å². The maximum Gasteiger partial charge on any atom is 0.337 e. The molecule has 1 aromatic carbocycles. The number of nitrogens with zero attached hydrogens (tertiary/aromatic N) is 3. The summed E-state index contributed by atoms with van der Waals surface area (Å²) < 4.78 is 1.87. The fourth-order valence-electron chi connectivity index (χ4n) is 3.07. The highest BCUT2D eigenvalue weighted by molar-refractivity contribution is 7.11. The molecule has 2 aromatic heterocycles. The van der Waals surface area contributed by atoms with Crippen molar-refractivity contribution < 1.29 is 14.8 Å². The van der Waals surface area contributed by atoms with E-state index in [1.165, 1.54) is 17.4 Å². The molecular formula is C21H21N3O4S. The Morgan fingerprint density at radius 1 is 1.31 bits per heavy atom. The van der Waals surface area contributed by atoms with Crippen LogP contribution in [0.5, 0.6) is 0 Å². The van der Waals surface area contributed by atoms with E-state index in [1.54, 1.807) is 42.6 Å². The van der Waals surface area contributed by atoms with E-state index in [0.717, 1.165) is 18.7 Å². The number of thiophene rings is 1. The third-order valence-corrected chi connectivity index (χ3v) is 5.45. The second kappa shape index (κ2) is 9.29. The number of aliphatic carboxylic acids is 1. The maximum absolute atomic E-state index is 11.8. The number of benzene rings is 1. The van der Waals surface area contributed by atoms with Crippen LogP contribution in [0, 0.1) is 10.1 Å². The van der Waals surface area contributed by atoms with Gasteiger partial charge in [0.15, 0.2) is 0 Å². The molecule has 0 aliphatic rings. The molecule has 0 unspecified atom stereocenters. The number of hydrogen-bond donors (Lipinski definition) is 1. The Morgan fingerprint density at radius 3 is 2.76 bits per heavy atom. The fraction of sp³-hybridized carbons (Fsp3) is 0.238. The van der Waals surface area contributed by atoms with Crippen molar-refractivity contribution in [2.24, 2.45) is 0 Å². The minimum Gasteiger partial charge on any atom is -0.478 e. The SMILES string of the molecule is CCCCc1ncc(/C=C(/C(=O)O)c2cccs2)n1Cc1ccccc1[N+](=O)[O-]. The average Bonchev–Trinajstić information content (AvgIpc) is 3.35. The monoisotopic (exact) mass is 411 g/mol. The third-order valence-electron chi connectivity index (χ3n) is 4.55.